The summed E-state index contributed by atoms with van der Waals surface area (Å²) in [6.07, 6.45) is 0.0686. The quantitative estimate of drug-likeness (QED) is 0.747. The molecular weight excluding hydrogens is 208 g/mol. The van der Waals surface area contributed by atoms with Crippen LogP contribution in [-0.2, 0) is 4.79 Å². The van der Waals surface area contributed by atoms with E-state index in [2.05, 4.69) is 11.7 Å². The van der Waals surface area contributed by atoms with Crippen LogP contribution in [0.15, 0.2) is 22.7 Å². The van der Waals surface area contributed by atoms with Crippen LogP contribution in [-0.4, -0.2) is 29.3 Å². The second-order valence-electron chi connectivity index (χ2n) is 3.82. The molecule has 88 valence electrons. The molecule has 0 saturated carbocycles. The summed E-state index contributed by atoms with van der Waals surface area (Å²) in [5.41, 5.74) is 0.950. The summed E-state index contributed by atoms with van der Waals surface area (Å²) in [6.45, 7) is 8.47. The van der Waals surface area contributed by atoms with Crippen molar-refractivity contribution in [2.75, 3.05) is 18.0 Å². The van der Waals surface area contributed by atoms with Gasteiger partial charge in [0, 0.05) is 19.2 Å². The summed E-state index contributed by atoms with van der Waals surface area (Å²) in [5.74, 6) is 0.533. The van der Waals surface area contributed by atoms with Gasteiger partial charge in [0.05, 0.1) is 6.42 Å². The predicted octanol–water partition coefficient (Wildman–Crippen LogP) is 1.84. The van der Waals surface area contributed by atoms with Crippen molar-refractivity contribution in [3.63, 3.8) is 0 Å². The number of hydrogen-bond acceptors (Lipinski definition) is 4. The van der Waals surface area contributed by atoms with E-state index >= 15 is 0 Å². The SMILES string of the molecule is C=C(C)CN(CCC(=O)O)c1cc(C)on1. The van der Waals surface area contributed by atoms with Gasteiger partial charge in [-0.05, 0) is 13.8 Å². The smallest absolute Gasteiger partial charge is 0.305 e. The number of aromatic nitrogens is 1. The Morgan fingerprint density at radius 1 is 1.69 bits per heavy atom. The van der Waals surface area contributed by atoms with Crippen molar-refractivity contribution < 1.29 is 14.4 Å². The van der Waals surface area contributed by atoms with Gasteiger partial charge in [0.2, 0.25) is 0 Å². The van der Waals surface area contributed by atoms with Crippen LogP contribution in [0.5, 0.6) is 0 Å². The fourth-order valence-corrected chi connectivity index (χ4v) is 1.33. The summed E-state index contributed by atoms with van der Waals surface area (Å²) in [6, 6.07) is 1.78. The number of aryl methyl sites for hydroxylation is 1. The lowest BCUT2D eigenvalue weighted by Crippen LogP contribution is -2.28. The first kappa shape index (κ1) is 12.3. The lowest BCUT2D eigenvalue weighted by molar-refractivity contribution is -0.136. The van der Waals surface area contributed by atoms with Crippen LogP contribution in [0.1, 0.15) is 19.1 Å². The zero-order chi connectivity index (χ0) is 12.1. The number of nitrogens with zero attached hydrogens (tertiary/aromatic N) is 2. The molecule has 0 saturated heterocycles. The lowest BCUT2D eigenvalue weighted by atomic mass is 10.3. The molecule has 0 aliphatic rings. The number of carboxylic acids is 1. The summed E-state index contributed by atoms with van der Waals surface area (Å²) in [4.78, 5) is 12.4. The van der Waals surface area contributed by atoms with Gasteiger partial charge < -0.3 is 14.5 Å². The monoisotopic (exact) mass is 224 g/mol. The predicted molar refractivity (Wildman–Crippen MR) is 60.5 cm³/mol. The Balaban J connectivity index is 2.70. The topological polar surface area (TPSA) is 66.6 Å². The Bertz CT molecular complexity index is 384. The minimum atomic E-state index is -0.827. The standard InChI is InChI=1S/C11H16N2O3/c1-8(2)7-13(5-4-11(14)15)10-6-9(3)16-12-10/h6H,1,4-5,7H2,2-3H3,(H,14,15). The third-order valence-corrected chi connectivity index (χ3v) is 2.00. The van der Waals surface area contributed by atoms with Crippen molar-refractivity contribution in [2.45, 2.75) is 20.3 Å². The average Bonchev–Trinajstić information content (AvgIpc) is 2.58. The number of anilines is 1. The molecule has 0 bridgehead atoms. The molecule has 1 aromatic rings. The molecule has 5 nitrogen and oxygen atoms in total. The van der Waals surface area contributed by atoms with Crippen molar-refractivity contribution in [1.82, 2.24) is 5.16 Å². The molecule has 0 amide bonds. The summed E-state index contributed by atoms with van der Waals surface area (Å²) in [7, 11) is 0. The van der Waals surface area contributed by atoms with E-state index in [1.165, 1.54) is 0 Å². The Hall–Kier alpha value is -1.78. The molecule has 1 N–H and O–H groups in total. The van der Waals surface area contributed by atoms with Crippen molar-refractivity contribution in [2.24, 2.45) is 0 Å². The van der Waals surface area contributed by atoms with E-state index in [4.69, 9.17) is 9.63 Å². The fourth-order valence-electron chi connectivity index (χ4n) is 1.33. The Labute approximate surface area is 94.3 Å². The van der Waals surface area contributed by atoms with Crippen LogP contribution < -0.4 is 4.90 Å². The van der Waals surface area contributed by atoms with Gasteiger partial charge in [0.1, 0.15) is 5.76 Å². The summed E-state index contributed by atoms with van der Waals surface area (Å²) in [5, 5.41) is 12.5. The zero-order valence-corrected chi connectivity index (χ0v) is 9.56. The third-order valence-electron chi connectivity index (χ3n) is 2.00. The molecule has 5 heteroatoms. The number of carbonyl (C=O) groups is 1. The van der Waals surface area contributed by atoms with Crippen LogP contribution in [0.3, 0.4) is 0 Å². The van der Waals surface area contributed by atoms with E-state index in [1.54, 1.807) is 13.0 Å². The molecule has 1 rings (SSSR count). The van der Waals surface area contributed by atoms with E-state index in [-0.39, 0.29) is 6.42 Å². The molecule has 0 fully saturated rings. The van der Waals surface area contributed by atoms with Gasteiger partial charge in [-0.15, -0.1) is 0 Å². The highest BCUT2D eigenvalue weighted by molar-refractivity contribution is 5.67. The summed E-state index contributed by atoms with van der Waals surface area (Å²) >= 11 is 0. The van der Waals surface area contributed by atoms with Crippen molar-refractivity contribution >= 4 is 11.8 Å². The van der Waals surface area contributed by atoms with Crippen LogP contribution in [0.2, 0.25) is 0 Å². The van der Waals surface area contributed by atoms with E-state index < -0.39 is 5.97 Å². The molecular formula is C11H16N2O3. The van der Waals surface area contributed by atoms with Crippen LogP contribution >= 0.6 is 0 Å². The van der Waals surface area contributed by atoms with Crippen LogP contribution in [0.4, 0.5) is 5.82 Å². The number of hydrogen-bond donors (Lipinski definition) is 1. The van der Waals surface area contributed by atoms with E-state index in [1.807, 2.05) is 11.8 Å². The normalized spacial score (nSPS) is 10.1. The highest BCUT2D eigenvalue weighted by Crippen LogP contribution is 2.15. The molecule has 0 aromatic carbocycles. The third kappa shape index (κ3) is 3.76. The Kier molecular flexibility index (Phi) is 4.10. The van der Waals surface area contributed by atoms with Gasteiger partial charge in [-0.1, -0.05) is 17.3 Å². The molecule has 0 aliphatic heterocycles. The molecule has 0 aliphatic carbocycles. The Morgan fingerprint density at radius 2 is 2.38 bits per heavy atom. The maximum absolute atomic E-state index is 10.5. The lowest BCUT2D eigenvalue weighted by Gasteiger charge is -2.20. The number of carboxylic acid groups (broad SMARTS) is 1. The molecule has 0 spiro atoms. The molecule has 0 atom stereocenters. The largest absolute Gasteiger partial charge is 0.481 e. The number of rotatable bonds is 6. The first-order valence-corrected chi connectivity index (χ1v) is 5.03. The second kappa shape index (κ2) is 5.34. The zero-order valence-electron chi connectivity index (χ0n) is 9.56. The van der Waals surface area contributed by atoms with Gasteiger partial charge >= 0.3 is 5.97 Å². The molecule has 1 heterocycles. The van der Waals surface area contributed by atoms with Crippen LogP contribution in [0, 0.1) is 6.92 Å². The van der Waals surface area contributed by atoms with E-state index in [0.29, 0.717) is 24.7 Å². The van der Waals surface area contributed by atoms with Crippen molar-refractivity contribution in [3.05, 3.63) is 24.0 Å². The molecule has 16 heavy (non-hydrogen) atoms. The maximum atomic E-state index is 10.5. The highest BCUT2D eigenvalue weighted by Gasteiger charge is 2.12. The average molecular weight is 224 g/mol. The van der Waals surface area contributed by atoms with Crippen molar-refractivity contribution in [1.29, 1.82) is 0 Å². The molecule has 1 aromatic heterocycles. The Morgan fingerprint density at radius 3 is 2.81 bits per heavy atom. The number of aliphatic carboxylic acids is 1. The molecule has 0 radical (unpaired) electrons. The van der Waals surface area contributed by atoms with Crippen LogP contribution in [0.25, 0.3) is 0 Å². The van der Waals surface area contributed by atoms with Gasteiger partial charge in [-0.3, -0.25) is 4.79 Å². The fraction of sp³-hybridized carbons (Fsp3) is 0.455. The van der Waals surface area contributed by atoms with Gasteiger partial charge in [0.15, 0.2) is 5.82 Å². The second-order valence-corrected chi connectivity index (χ2v) is 3.82. The minimum Gasteiger partial charge on any atom is -0.481 e. The van der Waals surface area contributed by atoms with Crippen molar-refractivity contribution in [3.8, 4) is 0 Å². The molecule has 0 unspecified atom stereocenters. The van der Waals surface area contributed by atoms with Gasteiger partial charge in [-0.2, -0.15) is 0 Å². The first-order valence-electron chi connectivity index (χ1n) is 5.03. The van der Waals surface area contributed by atoms with Gasteiger partial charge in [-0.25, -0.2) is 0 Å². The summed E-state index contributed by atoms with van der Waals surface area (Å²) < 4.78 is 4.97. The van der Waals surface area contributed by atoms with Gasteiger partial charge in [0.25, 0.3) is 0 Å². The van der Waals surface area contributed by atoms with E-state index in [0.717, 1.165) is 5.57 Å². The minimum absolute atomic E-state index is 0.0686. The van der Waals surface area contributed by atoms with E-state index in [9.17, 15) is 4.79 Å². The highest BCUT2D eigenvalue weighted by atomic mass is 16.5. The first-order chi connectivity index (χ1) is 7.49. The maximum Gasteiger partial charge on any atom is 0.305 e.